The molecule has 0 saturated heterocycles. The molecule has 0 saturated carbocycles. The molecule has 2 aromatic carbocycles. The van der Waals surface area contributed by atoms with Crippen LogP contribution in [0.1, 0.15) is 18.9 Å². The molecule has 0 spiro atoms. The van der Waals surface area contributed by atoms with Crippen molar-refractivity contribution >= 4 is 27.5 Å². The maximum atomic E-state index is 14.1. The van der Waals surface area contributed by atoms with Gasteiger partial charge in [-0.2, -0.15) is 0 Å². The van der Waals surface area contributed by atoms with Crippen LogP contribution in [0.5, 0.6) is 0 Å². The lowest BCUT2D eigenvalue weighted by atomic mass is 10.0. The van der Waals surface area contributed by atoms with Gasteiger partial charge in [0.1, 0.15) is 5.82 Å². The Bertz CT molecular complexity index is 601. The summed E-state index contributed by atoms with van der Waals surface area (Å²) in [5, 5.41) is 4.01. The summed E-state index contributed by atoms with van der Waals surface area (Å²) in [7, 11) is 0. The van der Waals surface area contributed by atoms with E-state index in [0.717, 1.165) is 24.1 Å². The van der Waals surface area contributed by atoms with E-state index >= 15 is 0 Å². The van der Waals surface area contributed by atoms with Crippen molar-refractivity contribution in [2.75, 3.05) is 6.54 Å². The van der Waals surface area contributed by atoms with Gasteiger partial charge in [-0.3, -0.25) is 0 Å². The van der Waals surface area contributed by atoms with Crippen LogP contribution in [0, 0.1) is 5.82 Å². The van der Waals surface area contributed by atoms with Crippen molar-refractivity contribution in [3.63, 3.8) is 0 Å². The Morgan fingerprint density at radius 1 is 1.25 bits per heavy atom. The van der Waals surface area contributed by atoms with Crippen LogP contribution in [0.3, 0.4) is 0 Å². The van der Waals surface area contributed by atoms with Gasteiger partial charge >= 0.3 is 0 Å². The molecule has 2 aromatic rings. The second-order valence-electron chi connectivity index (χ2n) is 4.58. The molecular formula is C16H16BrClFN. The van der Waals surface area contributed by atoms with E-state index in [1.165, 1.54) is 0 Å². The first kappa shape index (κ1) is 15.5. The summed E-state index contributed by atoms with van der Waals surface area (Å²) in [6, 6.07) is 10.9. The van der Waals surface area contributed by atoms with Gasteiger partial charge in [0.2, 0.25) is 0 Å². The van der Waals surface area contributed by atoms with Gasteiger partial charge in [0.05, 0.1) is 4.47 Å². The summed E-state index contributed by atoms with van der Waals surface area (Å²) < 4.78 is 14.6. The van der Waals surface area contributed by atoms with Crippen molar-refractivity contribution in [2.45, 2.75) is 19.9 Å². The van der Waals surface area contributed by atoms with Crippen molar-refractivity contribution < 1.29 is 4.39 Å². The molecule has 0 atom stereocenters. The summed E-state index contributed by atoms with van der Waals surface area (Å²) in [5.41, 5.74) is 2.39. The molecule has 0 fully saturated rings. The molecule has 0 aliphatic carbocycles. The Kier molecular flexibility index (Phi) is 5.58. The fourth-order valence-electron chi connectivity index (χ4n) is 2.00. The molecule has 0 unspecified atom stereocenters. The lowest BCUT2D eigenvalue weighted by Crippen LogP contribution is -2.14. The summed E-state index contributed by atoms with van der Waals surface area (Å²) in [6.45, 7) is 3.74. The Morgan fingerprint density at radius 3 is 2.80 bits per heavy atom. The van der Waals surface area contributed by atoms with Crippen molar-refractivity contribution in [2.24, 2.45) is 0 Å². The lowest BCUT2D eigenvalue weighted by molar-refractivity contribution is 0.624. The van der Waals surface area contributed by atoms with E-state index in [9.17, 15) is 4.39 Å². The Balaban J connectivity index is 2.33. The average molecular weight is 357 g/mol. The summed E-state index contributed by atoms with van der Waals surface area (Å²) >= 11 is 9.40. The maximum Gasteiger partial charge on any atom is 0.145 e. The van der Waals surface area contributed by atoms with Gasteiger partial charge in [-0.15, -0.1) is 0 Å². The van der Waals surface area contributed by atoms with Gasteiger partial charge in [-0.25, -0.2) is 4.39 Å². The zero-order valence-corrected chi connectivity index (χ0v) is 13.6. The predicted octanol–water partition coefficient (Wildman–Crippen LogP) is 5.41. The number of hydrogen-bond donors (Lipinski definition) is 1. The van der Waals surface area contributed by atoms with Crippen LogP contribution in [0.25, 0.3) is 11.1 Å². The van der Waals surface area contributed by atoms with Crippen LogP contribution in [-0.2, 0) is 6.54 Å². The van der Waals surface area contributed by atoms with E-state index in [2.05, 4.69) is 28.2 Å². The predicted molar refractivity (Wildman–Crippen MR) is 86.5 cm³/mol. The standard InChI is InChI=1S/C16H16BrClFN/c1-2-8-20-10-12-9-11(6-7-15(12)18)13-4-3-5-14(17)16(13)19/h3-7,9,20H,2,8,10H2,1H3. The zero-order valence-electron chi connectivity index (χ0n) is 11.2. The summed E-state index contributed by atoms with van der Waals surface area (Å²) in [6.07, 6.45) is 1.07. The third kappa shape index (κ3) is 3.60. The monoisotopic (exact) mass is 355 g/mol. The minimum absolute atomic E-state index is 0.248. The first-order valence-electron chi connectivity index (χ1n) is 6.57. The van der Waals surface area contributed by atoms with E-state index in [0.29, 0.717) is 21.6 Å². The van der Waals surface area contributed by atoms with Crippen LogP contribution in [-0.4, -0.2) is 6.54 Å². The Hall–Kier alpha value is -0.900. The Labute approximate surface area is 132 Å². The van der Waals surface area contributed by atoms with Gasteiger partial charge < -0.3 is 5.32 Å². The smallest absolute Gasteiger partial charge is 0.145 e. The quantitative estimate of drug-likeness (QED) is 0.706. The van der Waals surface area contributed by atoms with Gasteiger partial charge in [-0.05, 0) is 58.2 Å². The lowest BCUT2D eigenvalue weighted by Gasteiger charge is -2.10. The maximum absolute atomic E-state index is 14.1. The molecule has 0 aliphatic heterocycles. The van der Waals surface area contributed by atoms with E-state index in [-0.39, 0.29) is 5.82 Å². The summed E-state index contributed by atoms with van der Waals surface area (Å²) in [5.74, 6) is -0.248. The van der Waals surface area contributed by atoms with Gasteiger partial charge in [0, 0.05) is 17.1 Å². The largest absolute Gasteiger partial charge is 0.313 e. The van der Waals surface area contributed by atoms with Crippen LogP contribution >= 0.6 is 27.5 Å². The Morgan fingerprint density at radius 2 is 2.05 bits per heavy atom. The van der Waals surface area contributed by atoms with Crippen LogP contribution in [0.2, 0.25) is 5.02 Å². The molecule has 0 aliphatic rings. The zero-order chi connectivity index (χ0) is 14.5. The minimum Gasteiger partial charge on any atom is -0.313 e. The molecule has 2 rings (SSSR count). The number of halogens is 3. The van der Waals surface area contributed by atoms with Crippen molar-refractivity contribution in [3.8, 4) is 11.1 Å². The third-order valence-corrected chi connectivity index (χ3v) is 4.03. The fourth-order valence-corrected chi connectivity index (χ4v) is 2.55. The fraction of sp³-hybridized carbons (Fsp3) is 0.250. The molecule has 0 heterocycles. The van der Waals surface area contributed by atoms with Crippen LogP contribution < -0.4 is 5.32 Å². The van der Waals surface area contributed by atoms with Crippen LogP contribution in [0.4, 0.5) is 4.39 Å². The normalized spacial score (nSPS) is 10.8. The summed E-state index contributed by atoms with van der Waals surface area (Å²) in [4.78, 5) is 0. The highest BCUT2D eigenvalue weighted by Gasteiger charge is 2.10. The van der Waals surface area contributed by atoms with Crippen LogP contribution in [0.15, 0.2) is 40.9 Å². The highest BCUT2D eigenvalue weighted by Crippen LogP contribution is 2.30. The topological polar surface area (TPSA) is 12.0 Å². The highest BCUT2D eigenvalue weighted by molar-refractivity contribution is 9.10. The highest BCUT2D eigenvalue weighted by atomic mass is 79.9. The van der Waals surface area contributed by atoms with Gasteiger partial charge in [0.15, 0.2) is 0 Å². The number of nitrogens with one attached hydrogen (secondary N) is 1. The van der Waals surface area contributed by atoms with E-state index in [1.54, 1.807) is 12.1 Å². The van der Waals surface area contributed by atoms with Crippen molar-refractivity contribution in [1.29, 1.82) is 0 Å². The van der Waals surface area contributed by atoms with E-state index in [1.807, 2.05) is 24.3 Å². The molecular weight excluding hydrogens is 341 g/mol. The molecule has 0 amide bonds. The van der Waals surface area contributed by atoms with E-state index in [4.69, 9.17) is 11.6 Å². The first-order chi connectivity index (χ1) is 9.63. The molecule has 0 aromatic heterocycles. The minimum atomic E-state index is -0.248. The second kappa shape index (κ2) is 7.21. The van der Waals surface area contributed by atoms with Crippen molar-refractivity contribution in [3.05, 3.63) is 57.3 Å². The van der Waals surface area contributed by atoms with Gasteiger partial charge in [0.25, 0.3) is 0 Å². The number of benzene rings is 2. The number of rotatable bonds is 5. The molecule has 0 radical (unpaired) electrons. The van der Waals surface area contributed by atoms with E-state index < -0.39 is 0 Å². The molecule has 1 N–H and O–H groups in total. The third-order valence-electron chi connectivity index (χ3n) is 3.05. The first-order valence-corrected chi connectivity index (χ1v) is 7.74. The molecule has 1 nitrogen and oxygen atoms in total. The average Bonchev–Trinajstić information content (AvgIpc) is 2.44. The van der Waals surface area contributed by atoms with Gasteiger partial charge in [-0.1, -0.05) is 36.7 Å². The molecule has 4 heteroatoms. The SMILES string of the molecule is CCCNCc1cc(-c2cccc(Br)c2F)ccc1Cl. The molecule has 20 heavy (non-hydrogen) atoms. The van der Waals surface area contributed by atoms with Crippen molar-refractivity contribution in [1.82, 2.24) is 5.32 Å². The molecule has 0 bridgehead atoms. The number of hydrogen-bond acceptors (Lipinski definition) is 1. The molecule has 106 valence electrons. The second-order valence-corrected chi connectivity index (χ2v) is 5.85.